The van der Waals surface area contributed by atoms with Gasteiger partial charge in [-0.3, -0.25) is 4.79 Å². The lowest BCUT2D eigenvalue weighted by Gasteiger charge is -2.11. The van der Waals surface area contributed by atoms with Gasteiger partial charge in [-0.05, 0) is 61.1 Å². The highest BCUT2D eigenvalue weighted by Crippen LogP contribution is 2.69. The first-order chi connectivity index (χ1) is 9.69. The van der Waals surface area contributed by atoms with E-state index in [-0.39, 0.29) is 11.8 Å². The Kier molecular flexibility index (Phi) is 2.35. The highest BCUT2D eigenvalue weighted by molar-refractivity contribution is 5.96. The highest BCUT2D eigenvalue weighted by atomic mass is 16.2. The number of carbonyl (C=O) groups excluding carboxylic acids is 1. The van der Waals surface area contributed by atoms with Crippen LogP contribution >= 0.6 is 0 Å². The summed E-state index contributed by atoms with van der Waals surface area (Å²) in [4.78, 5) is 12.4. The molecule has 0 aromatic heterocycles. The van der Waals surface area contributed by atoms with Gasteiger partial charge in [0, 0.05) is 11.6 Å². The molecule has 0 radical (unpaired) electrons. The predicted molar refractivity (Wildman–Crippen MR) is 75.5 cm³/mol. The number of nitrogens with zero attached hydrogens (tertiary/aromatic N) is 1. The lowest BCUT2D eigenvalue weighted by Crippen LogP contribution is -2.19. The fourth-order valence-corrected chi connectivity index (χ4v) is 4.66. The summed E-state index contributed by atoms with van der Waals surface area (Å²) in [6, 6.07) is 7.13. The molecule has 4 unspecified atom stereocenters. The maximum absolute atomic E-state index is 12.4. The fraction of sp³-hybridized carbons (Fsp3) is 0.500. The van der Waals surface area contributed by atoms with Gasteiger partial charge in [-0.15, -0.1) is 0 Å². The fourth-order valence-electron chi connectivity index (χ4n) is 4.66. The summed E-state index contributed by atoms with van der Waals surface area (Å²) in [5, 5.41) is 12.0. The summed E-state index contributed by atoms with van der Waals surface area (Å²) in [6.45, 7) is 0. The normalized spacial score (nSPS) is 36.2. The average Bonchev–Trinajstić information content (AvgIpc) is 2.89. The predicted octanol–water partition coefficient (Wildman–Crippen LogP) is 2.37. The van der Waals surface area contributed by atoms with E-state index in [1.165, 1.54) is 19.3 Å². The Morgan fingerprint density at radius 1 is 1.30 bits per heavy atom. The van der Waals surface area contributed by atoms with E-state index in [9.17, 15) is 4.79 Å². The third-order valence-electron chi connectivity index (χ3n) is 5.46. The molecule has 1 amide bonds. The number of nitriles is 1. The Labute approximate surface area is 118 Å². The highest BCUT2D eigenvalue weighted by Gasteiger charge is 2.67. The molecule has 0 saturated heterocycles. The van der Waals surface area contributed by atoms with Gasteiger partial charge in [-0.1, -0.05) is 0 Å². The van der Waals surface area contributed by atoms with Crippen LogP contribution in [-0.2, 0) is 4.79 Å². The molecule has 20 heavy (non-hydrogen) atoms. The summed E-state index contributed by atoms with van der Waals surface area (Å²) in [7, 11) is 0. The van der Waals surface area contributed by atoms with Crippen molar-refractivity contribution in [2.45, 2.75) is 19.3 Å². The lowest BCUT2D eigenvalue weighted by molar-refractivity contribution is -0.118. The second-order valence-corrected chi connectivity index (χ2v) is 6.42. The van der Waals surface area contributed by atoms with Crippen LogP contribution in [0.25, 0.3) is 0 Å². The van der Waals surface area contributed by atoms with E-state index in [4.69, 9.17) is 11.0 Å². The van der Waals surface area contributed by atoms with Gasteiger partial charge in [0.1, 0.15) is 6.07 Å². The zero-order chi connectivity index (χ0) is 13.9. The molecule has 102 valence electrons. The van der Waals surface area contributed by atoms with Crippen molar-refractivity contribution in [3.05, 3.63) is 23.8 Å². The van der Waals surface area contributed by atoms with Gasteiger partial charge in [0.2, 0.25) is 5.91 Å². The SMILES string of the molecule is N#Cc1cc(N)ccc1NC(=O)C1C2C3CCC(C3)C12. The molecule has 4 nitrogen and oxygen atoms in total. The van der Waals surface area contributed by atoms with Crippen LogP contribution in [-0.4, -0.2) is 5.91 Å². The van der Waals surface area contributed by atoms with Crippen LogP contribution in [0.2, 0.25) is 0 Å². The van der Waals surface area contributed by atoms with Crippen LogP contribution in [0.15, 0.2) is 18.2 Å². The number of hydrogen-bond donors (Lipinski definition) is 2. The van der Waals surface area contributed by atoms with Crippen LogP contribution < -0.4 is 11.1 Å². The number of fused-ring (bicyclic) bond motifs is 5. The smallest absolute Gasteiger partial charge is 0.228 e. The zero-order valence-corrected chi connectivity index (χ0v) is 11.2. The van der Waals surface area contributed by atoms with Crippen molar-refractivity contribution < 1.29 is 4.79 Å². The van der Waals surface area contributed by atoms with Crippen molar-refractivity contribution in [2.24, 2.45) is 29.6 Å². The summed E-state index contributed by atoms with van der Waals surface area (Å²) < 4.78 is 0. The van der Waals surface area contributed by atoms with Crippen molar-refractivity contribution in [1.82, 2.24) is 0 Å². The van der Waals surface area contributed by atoms with Crippen molar-refractivity contribution >= 4 is 17.3 Å². The van der Waals surface area contributed by atoms with Gasteiger partial charge in [0.25, 0.3) is 0 Å². The Morgan fingerprint density at radius 3 is 2.65 bits per heavy atom. The van der Waals surface area contributed by atoms with Crippen molar-refractivity contribution in [3.63, 3.8) is 0 Å². The van der Waals surface area contributed by atoms with E-state index in [1.54, 1.807) is 18.2 Å². The van der Waals surface area contributed by atoms with E-state index < -0.39 is 0 Å². The first-order valence-electron chi connectivity index (χ1n) is 7.29. The van der Waals surface area contributed by atoms with E-state index in [2.05, 4.69) is 11.4 Å². The van der Waals surface area contributed by atoms with Gasteiger partial charge in [0.05, 0.1) is 11.3 Å². The van der Waals surface area contributed by atoms with Gasteiger partial charge < -0.3 is 11.1 Å². The molecule has 4 heteroatoms. The molecular weight excluding hydrogens is 250 g/mol. The third kappa shape index (κ3) is 1.56. The zero-order valence-electron chi connectivity index (χ0n) is 11.2. The van der Waals surface area contributed by atoms with E-state index in [0.29, 0.717) is 28.8 Å². The van der Waals surface area contributed by atoms with Crippen molar-refractivity contribution in [3.8, 4) is 6.07 Å². The number of nitrogen functional groups attached to an aromatic ring is 1. The van der Waals surface area contributed by atoms with Crippen LogP contribution in [0.1, 0.15) is 24.8 Å². The minimum Gasteiger partial charge on any atom is -0.399 e. The number of benzene rings is 1. The molecule has 3 saturated carbocycles. The maximum atomic E-state index is 12.4. The van der Waals surface area contributed by atoms with Gasteiger partial charge in [-0.2, -0.15) is 5.26 Å². The standard InChI is InChI=1S/C16H17N3O/c17-7-10-6-11(18)3-4-12(10)19-16(20)15-13-8-1-2-9(5-8)14(13)15/h3-4,6,8-9,13-15H,1-2,5,18H2,(H,19,20). The molecule has 2 bridgehead atoms. The molecule has 0 spiro atoms. The first kappa shape index (κ1) is 11.8. The van der Waals surface area contributed by atoms with Gasteiger partial charge in [-0.25, -0.2) is 0 Å². The molecule has 3 aliphatic carbocycles. The average molecular weight is 267 g/mol. The second kappa shape index (κ2) is 3.99. The maximum Gasteiger partial charge on any atom is 0.228 e. The van der Waals surface area contributed by atoms with Crippen LogP contribution in [0.3, 0.4) is 0 Å². The largest absolute Gasteiger partial charge is 0.399 e. The molecule has 1 aromatic carbocycles. The van der Waals surface area contributed by atoms with E-state index in [0.717, 1.165) is 11.8 Å². The van der Waals surface area contributed by atoms with Crippen LogP contribution in [0.4, 0.5) is 11.4 Å². The Hall–Kier alpha value is -2.02. The summed E-state index contributed by atoms with van der Waals surface area (Å²) in [5.41, 5.74) is 7.23. The summed E-state index contributed by atoms with van der Waals surface area (Å²) in [5.74, 6) is 3.08. The molecular formula is C16H17N3O. The molecule has 0 heterocycles. The van der Waals surface area contributed by atoms with Crippen LogP contribution in [0.5, 0.6) is 0 Å². The van der Waals surface area contributed by atoms with Gasteiger partial charge >= 0.3 is 0 Å². The monoisotopic (exact) mass is 267 g/mol. The molecule has 4 rings (SSSR count). The quantitative estimate of drug-likeness (QED) is 0.807. The minimum atomic E-state index is 0.0953. The number of amides is 1. The molecule has 3 N–H and O–H groups in total. The number of anilines is 2. The third-order valence-corrected chi connectivity index (χ3v) is 5.46. The minimum absolute atomic E-state index is 0.0953. The molecule has 3 fully saturated rings. The lowest BCUT2D eigenvalue weighted by atomic mass is 10.0. The number of carbonyl (C=O) groups is 1. The Bertz CT molecular complexity index is 617. The second-order valence-electron chi connectivity index (χ2n) is 6.42. The topological polar surface area (TPSA) is 78.9 Å². The summed E-state index contributed by atoms with van der Waals surface area (Å²) in [6.07, 6.45) is 3.95. The van der Waals surface area contributed by atoms with Gasteiger partial charge in [0.15, 0.2) is 0 Å². The molecule has 4 atom stereocenters. The number of hydrogen-bond acceptors (Lipinski definition) is 3. The Morgan fingerprint density at radius 2 is 2.00 bits per heavy atom. The number of nitrogens with one attached hydrogen (secondary N) is 1. The Balaban J connectivity index is 1.51. The van der Waals surface area contributed by atoms with Crippen LogP contribution in [0, 0.1) is 40.9 Å². The molecule has 3 aliphatic rings. The van der Waals surface area contributed by atoms with E-state index >= 15 is 0 Å². The molecule has 1 aromatic rings. The number of rotatable bonds is 2. The molecule has 0 aliphatic heterocycles. The van der Waals surface area contributed by atoms with E-state index in [1.807, 2.05) is 0 Å². The first-order valence-corrected chi connectivity index (χ1v) is 7.29. The number of nitrogens with two attached hydrogens (primary N) is 1. The summed E-state index contributed by atoms with van der Waals surface area (Å²) >= 11 is 0. The van der Waals surface area contributed by atoms with Crippen molar-refractivity contribution in [1.29, 1.82) is 5.26 Å². The van der Waals surface area contributed by atoms with Crippen molar-refractivity contribution in [2.75, 3.05) is 11.1 Å².